The monoisotopic (exact) mass is 428 g/mol. The summed E-state index contributed by atoms with van der Waals surface area (Å²) in [6, 6.07) is 10.3. The van der Waals surface area contributed by atoms with Crippen LogP contribution in [0.3, 0.4) is 0 Å². The Labute approximate surface area is 181 Å². The molecular weight excluding hydrogens is 400 g/mol. The van der Waals surface area contributed by atoms with Crippen LogP contribution in [0.15, 0.2) is 51.9 Å². The van der Waals surface area contributed by atoms with E-state index in [0.29, 0.717) is 6.54 Å². The molecule has 1 fully saturated rings. The lowest BCUT2D eigenvalue weighted by molar-refractivity contribution is 0.0497. The third-order valence-electron chi connectivity index (χ3n) is 4.77. The van der Waals surface area contributed by atoms with E-state index in [-0.39, 0.29) is 30.7 Å². The van der Waals surface area contributed by atoms with Gasteiger partial charge in [-0.3, -0.25) is 9.59 Å². The summed E-state index contributed by atoms with van der Waals surface area (Å²) in [7, 11) is 0. The van der Waals surface area contributed by atoms with Gasteiger partial charge in [0.05, 0.1) is 6.26 Å². The van der Waals surface area contributed by atoms with E-state index in [9.17, 15) is 14.4 Å². The Balaban J connectivity index is 1.70. The van der Waals surface area contributed by atoms with Crippen molar-refractivity contribution < 1.29 is 23.5 Å². The second kappa shape index (κ2) is 9.68. The Morgan fingerprint density at radius 1 is 1.19 bits per heavy atom. The van der Waals surface area contributed by atoms with Crippen LogP contribution in [0.5, 0.6) is 5.75 Å². The first kappa shape index (κ1) is 22.4. The number of carbonyl (C=O) groups excluding carboxylic acids is 2. The van der Waals surface area contributed by atoms with Gasteiger partial charge in [-0.05, 0) is 39.2 Å². The van der Waals surface area contributed by atoms with Gasteiger partial charge in [-0.25, -0.2) is 4.79 Å². The van der Waals surface area contributed by atoms with Crippen LogP contribution < -0.4 is 15.5 Å². The highest BCUT2D eigenvalue weighted by Crippen LogP contribution is 2.24. The zero-order valence-electron chi connectivity index (χ0n) is 18.1. The molecule has 3 rings (SSSR count). The molecular formula is C23H28N2O6. The maximum Gasteiger partial charge on any atom is 0.407 e. The fourth-order valence-electron chi connectivity index (χ4n) is 3.38. The Kier molecular flexibility index (Phi) is 6.99. The summed E-state index contributed by atoms with van der Waals surface area (Å²) in [6.45, 7) is 6.23. The minimum absolute atomic E-state index is 0.109. The van der Waals surface area contributed by atoms with E-state index < -0.39 is 23.0 Å². The summed E-state index contributed by atoms with van der Waals surface area (Å²) in [4.78, 5) is 39.1. The minimum atomic E-state index is -0.603. The number of likely N-dealkylation sites (tertiary alicyclic amines) is 1. The molecule has 1 saturated heterocycles. The zero-order valence-corrected chi connectivity index (χ0v) is 18.1. The molecule has 8 heteroatoms. The van der Waals surface area contributed by atoms with Crippen LogP contribution in [0, 0.1) is 0 Å². The summed E-state index contributed by atoms with van der Waals surface area (Å²) >= 11 is 0. The molecule has 0 saturated carbocycles. The first-order valence-corrected chi connectivity index (χ1v) is 10.3. The van der Waals surface area contributed by atoms with Crippen molar-refractivity contribution in [3.8, 4) is 5.75 Å². The summed E-state index contributed by atoms with van der Waals surface area (Å²) in [5.41, 5.74) is -0.161. The normalized spacial score (nSPS) is 16.1. The Morgan fingerprint density at radius 2 is 1.94 bits per heavy atom. The number of nitrogens with zero attached hydrogens (tertiary/aromatic N) is 1. The van der Waals surface area contributed by atoms with Crippen molar-refractivity contribution >= 4 is 12.0 Å². The van der Waals surface area contributed by atoms with Gasteiger partial charge in [-0.15, -0.1) is 0 Å². The summed E-state index contributed by atoms with van der Waals surface area (Å²) in [6.07, 6.45) is 2.15. The van der Waals surface area contributed by atoms with Crippen LogP contribution in [-0.2, 0) is 11.3 Å². The van der Waals surface area contributed by atoms with E-state index >= 15 is 0 Å². The smallest absolute Gasteiger partial charge is 0.407 e. The number of nitrogens with one attached hydrogen (secondary N) is 1. The minimum Gasteiger partial charge on any atom is -0.481 e. The van der Waals surface area contributed by atoms with Crippen LogP contribution >= 0.6 is 0 Å². The molecule has 0 spiro atoms. The van der Waals surface area contributed by atoms with E-state index in [2.05, 4.69) is 5.32 Å². The average Bonchev–Trinajstić information content (AvgIpc) is 3.19. The molecule has 0 bridgehead atoms. The molecule has 1 aliphatic heterocycles. The highest BCUT2D eigenvalue weighted by atomic mass is 16.6. The molecule has 0 aliphatic carbocycles. The fraction of sp³-hybridized carbons (Fsp3) is 0.435. The van der Waals surface area contributed by atoms with Crippen molar-refractivity contribution in [2.24, 2.45) is 0 Å². The lowest BCUT2D eigenvalue weighted by Gasteiger charge is -2.26. The highest BCUT2D eigenvalue weighted by Gasteiger charge is 2.33. The van der Waals surface area contributed by atoms with Crippen LogP contribution in [0.25, 0.3) is 0 Å². The quantitative estimate of drug-likeness (QED) is 0.758. The van der Waals surface area contributed by atoms with Crippen molar-refractivity contribution in [1.29, 1.82) is 0 Å². The van der Waals surface area contributed by atoms with E-state index in [4.69, 9.17) is 13.9 Å². The number of alkyl carbamates (subject to hydrolysis) is 1. The molecule has 8 nitrogen and oxygen atoms in total. The standard InChI is InChI=1S/C23H28N2O6/c1-23(2,3)31-22(28)24-14-17-10-7-12-25(17)21(27)20-19(18(26)11-13-29-20)30-15-16-8-5-4-6-9-16/h4-6,8-9,11,13,17H,7,10,12,14-15H2,1-3H3,(H,24,28)/t17-/m1/s1. The Hall–Kier alpha value is -3.29. The lowest BCUT2D eigenvalue weighted by Crippen LogP contribution is -2.44. The summed E-state index contributed by atoms with van der Waals surface area (Å²) < 4.78 is 16.3. The van der Waals surface area contributed by atoms with Crippen LogP contribution in [0.1, 0.15) is 49.7 Å². The highest BCUT2D eigenvalue weighted by molar-refractivity contribution is 5.94. The topological polar surface area (TPSA) is 98.1 Å². The van der Waals surface area contributed by atoms with Gasteiger partial charge in [-0.2, -0.15) is 0 Å². The molecule has 2 amide bonds. The van der Waals surface area contributed by atoms with Crippen LogP contribution in [0.4, 0.5) is 4.79 Å². The molecule has 1 aromatic heterocycles. The van der Waals surface area contributed by atoms with Gasteiger partial charge in [0, 0.05) is 25.2 Å². The third-order valence-corrected chi connectivity index (χ3v) is 4.77. The number of benzene rings is 1. The van der Waals surface area contributed by atoms with E-state index in [1.54, 1.807) is 25.7 Å². The van der Waals surface area contributed by atoms with Crippen molar-refractivity contribution in [2.75, 3.05) is 13.1 Å². The Bertz CT molecular complexity index is 964. The van der Waals surface area contributed by atoms with Crippen molar-refractivity contribution in [3.05, 3.63) is 64.2 Å². The van der Waals surface area contributed by atoms with E-state index in [1.165, 1.54) is 12.3 Å². The third kappa shape index (κ3) is 6.10. The van der Waals surface area contributed by atoms with Gasteiger partial charge in [-0.1, -0.05) is 30.3 Å². The number of hydrogen-bond acceptors (Lipinski definition) is 6. The number of rotatable bonds is 6. The van der Waals surface area contributed by atoms with Gasteiger partial charge in [0.2, 0.25) is 16.9 Å². The summed E-state index contributed by atoms with van der Waals surface area (Å²) in [5.74, 6) is -0.677. The molecule has 2 heterocycles. The molecule has 2 aromatic rings. The van der Waals surface area contributed by atoms with Crippen LogP contribution in [0.2, 0.25) is 0 Å². The SMILES string of the molecule is CC(C)(C)OC(=O)NC[C@H]1CCCN1C(=O)c1occc(=O)c1OCc1ccccc1. The number of hydrogen-bond donors (Lipinski definition) is 1. The van der Waals surface area contributed by atoms with Gasteiger partial charge in [0.25, 0.3) is 5.91 Å². The zero-order chi connectivity index (χ0) is 22.4. The van der Waals surface area contributed by atoms with E-state index in [1.807, 2.05) is 30.3 Å². The van der Waals surface area contributed by atoms with Gasteiger partial charge in [0.1, 0.15) is 12.2 Å². The number of carbonyl (C=O) groups is 2. The summed E-state index contributed by atoms with van der Waals surface area (Å²) in [5, 5.41) is 2.71. The molecule has 1 atom stereocenters. The first-order valence-electron chi connectivity index (χ1n) is 10.3. The van der Waals surface area contributed by atoms with Gasteiger partial charge >= 0.3 is 6.09 Å². The molecule has 1 aromatic carbocycles. The molecule has 1 aliphatic rings. The molecule has 0 radical (unpaired) electrons. The van der Waals surface area contributed by atoms with E-state index in [0.717, 1.165) is 18.4 Å². The Morgan fingerprint density at radius 3 is 2.65 bits per heavy atom. The molecule has 31 heavy (non-hydrogen) atoms. The second-order valence-corrected chi connectivity index (χ2v) is 8.39. The average molecular weight is 428 g/mol. The second-order valence-electron chi connectivity index (χ2n) is 8.39. The van der Waals surface area contributed by atoms with Crippen LogP contribution in [-0.4, -0.2) is 41.6 Å². The fourth-order valence-corrected chi connectivity index (χ4v) is 3.38. The predicted octanol–water partition coefficient (Wildman–Crippen LogP) is 3.35. The molecule has 0 unspecified atom stereocenters. The predicted molar refractivity (Wildman–Crippen MR) is 114 cm³/mol. The van der Waals surface area contributed by atoms with Crippen molar-refractivity contribution in [1.82, 2.24) is 10.2 Å². The molecule has 1 N–H and O–H groups in total. The first-order chi connectivity index (χ1) is 14.7. The molecule has 166 valence electrons. The van der Waals surface area contributed by atoms with Crippen molar-refractivity contribution in [3.63, 3.8) is 0 Å². The maximum atomic E-state index is 13.2. The largest absolute Gasteiger partial charge is 0.481 e. The maximum absolute atomic E-state index is 13.2. The number of ether oxygens (including phenoxy) is 2. The number of amides is 2. The van der Waals surface area contributed by atoms with Crippen molar-refractivity contribution in [2.45, 2.75) is 51.9 Å². The van der Waals surface area contributed by atoms with Gasteiger partial charge in [0.15, 0.2) is 0 Å². The van der Waals surface area contributed by atoms with Gasteiger partial charge < -0.3 is 24.1 Å². The lowest BCUT2D eigenvalue weighted by atomic mass is 10.2.